The van der Waals surface area contributed by atoms with Gasteiger partial charge in [-0.2, -0.15) is 26.3 Å². The van der Waals surface area contributed by atoms with Gasteiger partial charge in [-0.3, -0.25) is 4.79 Å². The Labute approximate surface area is 273 Å². The summed E-state index contributed by atoms with van der Waals surface area (Å²) in [7, 11) is 0. The maximum Gasteiger partial charge on any atom is 0.416 e. The number of hydrogen-bond acceptors (Lipinski definition) is 3. The molecule has 2 aromatic carbocycles. The number of aliphatic carboxylic acids is 1. The van der Waals surface area contributed by atoms with Crippen molar-refractivity contribution in [1.82, 2.24) is 0 Å². The van der Waals surface area contributed by atoms with Gasteiger partial charge >= 0.3 is 24.4 Å². The molecule has 6 nitrogen and oxygen atoms in total. The molecule has 0 aliphatic heterocycles. The van der Waals surface area contributed by atoms with Gasteiger partial charge in [0.1, 0.15) is 0 Å². The Morgan fingerprint density at radius 2 is 1.44 bits per heavy atom. The van der Waals surface area contributed by atoms with Gasteiger partial charge in [-0.25, -0.2) is 14.5 Å². The minimum atomic E-state index is -4.64. The molecule has 2 fully saturated rings. The van der Waals surface area contributed by atoms with Crippen LogP contribution in [0.4, 0.5) is 42.5 Å². The Morgan fingerprint density at radius 3 is 2.02 bits per heavy atom. The molecule has 12 heteroatoms. The number of fused-ring (bicyclic) bond motifs is 5. The van der Waals surface area contributed by atoms with Crippen LogP contribution in [-0.2, 0) is 21.9 Å². The largest absolute Gasteiger partial charge is 0.478 e. The SMILES string of the molecule is C[C@]12CC[C@H]3[C@@H](CC=C4C=C(C(=O)O)CC[C@@]43C)[C@@H]1CC[C@@H]2C(=O)N(C(=O)Nc1ccc(C(F)(F)F)cc1)c1ccc(C(F)(F)F)cc1. The van der Waals surface area contributed by atoms with Crippen LogP contribution in [0.5, 0.6) is 0 Å². The molecule has 2 N–H and O–H groups in total. The molecule has 0 saturated heterocycles. The zero-order valence-corrected chi connectivity index (χ0v) is 26.4. The molecular formula is C36H36F6N2O4. The quantitative estimate of drug-likeness (QED) is 0.317. The molecule has 4 aliphatic carbocycles. The van der Waals surface area contributed by atoms with Gasteiger partial charge < -0.3 is 10.4 Å². The number of carbonyl (C=O) groups excluding carboxylic acids is 2. The highest BCUT2D eigenvalue weighted by molar-refractivity contribution is 6.19. The summed E-state index contributed by atoms with van der Waals surface area (Å²) in [4.78, 5) is 40.7. The highest BCUT2D eigenvalue weighted by atomic mass is 19.4. The number of allylic oxidation sites excluding steroid dienone is 3. The normalized spacial score (nSPS) is 29.8. The Balaban J connectivity index is 1.29. The van der Waals surface area contributed by atoms with E-state index in [4.69, 9.17) is 0 Å². The van der Waals surface area contributed by atoms with Gasteiger partial charge in [-0.15, -0.1) is 0 Å². The van der Waals surface area contributed by atoms with E-state index in [9.17, 15) is 45.8 Å². The molecule has 0 unspecified atom stereocenters. The first-order valence-corrected chi connectivity index (χ1v) is 16.1. The number of carboxylic acids is 1. The third-order valence-corrected chi connectivity index (χ3v) is 11.7. The Morgan fingerprint density at radius 1 is 0.833 bits per heavy atom. The van der Waals surface area contributed by atoms with Crippen LogP contribution in [-0.4, -0.2) is 23.0 Å². The number of nitrogens with zero attached hydrogens (tertiary/aromatic N) is 1. The van der Waals surface area contributed by atoms with E-state index in [0.29, 0.717) is 31.3 Å². The molecule has 0 radical (unpaired) electrons. The molecule has 48 heavy (non-hydrogen) atoms. The highest BCUT2D eigenvalue weighted by Gasteiger charge is 2.60. The maximum absolute atomic E-state index is 14.5. The number of carboxylic acid groups (broad SMARTS) is 1. The Bertz CT molecular complexity index is 1680. The molecule has 2 saturated carbocycles. The van der Waals surface area contributed by atoms with Gasteiger partial charge in [0.25, 0.3) is 0 Å². The fraction of sp³-hybridized carbons (Fsp3) is 0.472. The van der Waals surface area contributed by atoms with Crippen molar-refractivity contribution in [1.29, 1.82) is 0 Å². The summed E-state index contributed by atoms with van der Waals surface area (Å²) >= 11 is 0. The number of anilines is 2. The third-order valence-electron chi connectivity index (χ3n) is 11.7. The lowest BCUT2D eigenvalue weighted by Crippen LogP contribution is -2.52. The Hall–Kier alpha value is -4.09. The van der Waals surface area contributed by atoms with E-state index in [-0.39, 0.29) is 34.5 Å². The van der Waals surface area contributed by atoms with Crippen LogP contribution in [0.3, 0.4) is 0 Å². The first-order chi connectivity index (χ1) is 22.4. The summed E-state index contributed by atoms with van der Waals surface area (Å²) in [6.07, 6.45) is -0.716. The zero-order valence-electron chi connectivity index (χ0n) is 26.4. The molecule has 0 bridgehead atoms. The summed E-state index contributed by atoms with van der Waals surface area (Å²) in [5.41, 5.74) is -1.24. The number of hydrogen-bond donors (Lipinski definition) is 2. The molecule has 256 valence electrons. The molecule has 6 rings (SSSR count). The summed E-state index contributed by atoms with van der Waals surface area (Å²) in [5, 5.41) is 12.0. The second-order valence-electron chi connectivity index (χ2n) is 14.1. The average Bonchev–Trinajstić information content (AvgIpc) is 3.37. The van der Waals surface area contributed by atoms with Crippen LogP contribution in [0.15, 0.2) is 71.8 Å². The van der Waals surface area contributed by atoms with E-state index >= 15 is 0 Å². The van der Waals surface area contributed by atoms with Crippen molar-refractivity contribution < 1.29 is 45.8 Å². The number of halogens is 6. The minimum absolute atomic E-state index is 0.0145. The smallest absolute Gasteiger partial charge is 0.416 e. The van der Waals surface area contributed by atoms with Crippen molar-refractivity contribution in [2.75, 3.05) is 10.2 Å². The lowest BCUT2D eigenvalue weighted by atomic mass is 9.48. The molecule has 0 spiro atoms. The maximum atomic E-state index is 14.5. The van der Waals surface area contributed by atoms with E-state index in [2.05, 4.69) is 18.3 Å². The number of alkyl halides is 6. The van der Waals surface area contributed by atoms with Crippen molar-refractivity contribution in [2.24, 2.45) is 34.5 Å². The number of carbonyl (C=O) groups is 3. The predicted octanol–water partition coefficient (Wildman–Crippen LogP) is 9.49. The number of amides is 3. The second-order valence-corrected chi connectivity index (χ2v) is 14.1. The van der Waals surface area contributed by atoms with E-state index in [1.54, 1.807) is 0 Å². The summed E-state index contributed by atoms with van der Waals surface area (Å²) in [6.45, 7) is 4.25. The lowest BCUT2D eigenvalue weighted by Gasteiger charge is -2.57. The van der Waals surface area contributed by atoms with Crippen LogP contribution in [0.1, 0.15) is 69.9 Å². The van der Waals surface area contributed by atoms with E-state index in [1.807, 2.05) is 13.0 Å². The first-order valence-electron chi connectivity index (χ1n) is 16.1. The average molecular weight is 675 g/mol. The van der Waals surface area contributed by atoms with Crippen LogP contribution in [0.25, 0.3) is 0 Å². The molecule has 4 aliphatic rings. The van der Waals surface area contributed by atoms with Gasteiger partial charge in [-0.05, 0) is 134 Å². The first kappa shape index (κ1) is 33.8. The standard InChI is InChI=1S/C36H36F6N2O4/c1-33-17-15-20(31(46)47)19-23(33)7-12-26-27-13-14-29(34(27,2)18-16-28(26)33)30(45)44(25-10-5-22(6-11-25)36(40,41)42)32(48)43-24-8-3-21(4-9-24)35(37,38)39/h3-11,19,26-29H,12-18H2,1-2H3,(H,43,48)(H,46,47)/t26-,27-,28-,29+,33-,34-/m0/s1. The fourth-order valence-corrected chi connectivity index (χ4v) is 9.12. The van der Waals surface area contributed by atoms with Crippen molar-refractivity contribution >= 4 is 29.3 Å². The number of nitrogens with one attached hydrogen (secondary N) is 1. The van der Waals surface area contributed by atoms with Crippen LogP contribution in [0, 0.1) is 34.5 Å². The van der Waals surface area contributed by atoms with Crippen molar-refractivity contribution in [2.45, 2.75) is 71.1 Å². The van der Waals surface area contributed by atoms with Crippen molar-refractivity contribution in [3.63, 3.8) is 0 Å². The van der Waals surface area contributed by atoms with Gasteiger partial charge in [0.2, 0.25) is 5.91 Å². The van der Waals surface area contributed by atoms with Crippen LogP contribution in [0.2, 0.25) is 0 Å². The van der Waals surface area contributed by atoms with Gasteiger partial charge in [0.05, 0.1) is 16.8 Å². The van der Waals surface area contributed by atoms with Gasteiger partial charge in [-0.1, -0.05) is 19.9 Å². The molecule has 0 heterocycles. The topological polar surface area (TPSA) is 86.7 Å². The number of benzene rings is 2. The number of imide groups is 1. The van der Waals surface area contributed by atoms with Crippen LogP contribution < -0.4 is 10.2 Å². The van der Waals surface area contributed by atoms with Crippen LogP contribution >= 0.6 is 0 Å². The number of urea groups is 1. The molecule has 2 aromatic rings. The van der Waals surface area contributed by atoms with Crippen molar-refractivity contribution in [3.8, 4) is 0 Å². The molecule has 0 aromatic heterocycles. The van der Waals surface area contributed by atoms with E-state index in [1.165, 1.54) is 0 Å². The summed E-state index contributed by atoms with van der Waals surface area (Å²) in [5.74, 6) is -1.48. The molecular weight excluding hydrogens is 638 g/mol. The Kier molecular flexibility index (Phi) is 8.31. The minimum Gasteiger partial charge on any atom is -0.478 e. The second kappa shape index (κ2) is 11.8. The third kappa shape index (κ3) is 5.81. The monoisotopic (exact) mass is 674 g/mol. The fourth-order valence-electron chi connectivity index (χ4n) is 9.12. The summed E-state index contributed by atoms with van der Waals surface area (Å²) < 4.78 is 79.4. The van der Waals surface area contributed by atoms with E-state index < -0.39 is 52.7 Å². The highest BCUT2D eigenvalue weighted by Crippen LogP contribution is 2.66. The van der Waals surface area contributed by atoms with E-state index in [0.717, 1.165) is 78.3 Å². The molecule has 3 amide bonds. The van der Waals surface area contributed by atoms with Gasteiger partial charge in [0.15, 0.2) is 0 Å². The lowest BCUT2D eigenvalue weighted by molar-refractivity contribution is -0.138. The molecule has 6 atom stereocenters. The zero-order chi connectivity index (χ0) is 34.8. The summed E-state index contributed by atoms with van der Waals surface area (Å²) in [6, 6.07) is 6.36. The van der Waals surface area contributed by atoms with Crippen molar-refractivity contribution in [3.05, 3.63) is 83.0 Å². The van der Waals surface area contributed by atoms with Gasteiger partial charge in [0, 0.05) is 17.2 Å². The number of rotatable bonds is 4. The predicted molar refractivity (Wildman–Crippen MR) is 166 cm³/mol.